The topological polar surface area (TPSA) is 33.6 Å². The number of nitrogens with one attached hydrogen (secondary N) is 1. The maximum atomic E-state index is 14.1. The van der Waals surface area contributed by atoms with E-state index in [1.54, 1.807) is 24.3 Å². The Balaban J connectivity index is 1.61. The van der Waals surface area contributed by atoms with E-state index in [4.69, 9.17) is 4.74 Å². The average molecular weight is 338 g/mol. The van der Waals surface area contributed by atoms with Gasteiger partial charge in [-0.3, -0.25) is 5.43 Å². The maximum absolute atomic E-state index is 14.1. The lowest BCUT2D eigenvalue weighted by molar-refractivity contribution is 0.285. The second-order valence-corrected chi connectivity index (χ2v) is 5.31. The molecule has 25 heavy (non-hydrogen) atoms. The molecule has 3 nitrogen and oxygen atoms in total. The van der Waals surface area contributed by atoms with E-state index < -0.39 is 5.82 Å². The lowest BCUT2D eigenvalue weighted by Gasteiger charge is -2.08. The Hall–Kier alpha value is -3.21. The molecule has 3 aromatic rings. The summed E-state index contributed by atoms with van der Waals surface area (Å²) >= 11 is 0. The van der Waals surface area contributed by atoms with Crippen LogP contribution in [-0.2, 0) is 6.61 Å². The van der Waals surface area contributed by atoms with Crippen LogP contribution < -0.4 is 10.2 Å². The van der Waals surface area contributed by atoms with Gasteiger partial charge in [-0.1, -0.05) is 36.4 Å². The molecule has 0 spiro atoms. The summed E-state index contributed by atoms with van der Waals surface area (Å²) in [5, 5.41) is 4.06. The van der Waals surface area contributed by atoms with Gasteiger partial charge in [-0.05, 0) is 42.0 Å². The van der Waals surface area contributed by atoms with Crippen molar-refractivity contribution in [1.29, 1.82) is 0 Å². The van der Waals surface area contributed by atoms with Gasteiger partial charge in [0.1, 0.15) is 12.4 Å². The molecule has 0 heterocycles. The van der Waals surface area contributed by atoms with Crippen LogP contribution in [0.15, 0.2) is 77.9 Å². The Morgan fingerprint density at radius 2 is 1.64 bits per heavy atom. The first kappa shape index (κ1) is 16.6. The van der Waals surface area contributed by atoms with E-state index in [2.05, 4.69) is 10.5 Å². The molecular formula is C20H16F2N2O. The number of ether oxygens (including phenoxy) is 1. The summed E-state index contributed by atoms with van der Waals surface area (Å²) in [6.07, 6.45) is 1.51. The predicted molar refractivity (Wildman–Crippen MR) is 94.8 cm³/mol. The van der Waals surface area contributed by atoms with Gasteiger partial charge in [0.25, 0.3) is 0 Å². The molecule has 0 atom stereocenters. The second-order valence-electron chi connectivity index (χ2n) is 5.31. The zero-order valence-corrected chi connectivity index (χ0v) is 13.3. The number of rotatable bonds is 6. The minimum absolute atomic E-state index is 0.0351. The van der Waals surface area contributed by atoms with Gasteiger partial charge in [0, 0.05) is 5.56 Å². The van der Waals surface area contributed by atoms with Crippen LogP contribution in [0.25, 0.3) is 0 Å². The standard InChI is InChI=1S/C20H16F2N2O/c21-18-9-5-4-6-16(18)14-25-20-11-10-15(12-19(20)22)13-23-24-17-7-2-1-3-8-17/h1-13,24H,14H2. The largest absolute Gasteiger partial charge is 0.486 e. The third-order valence-corrected chi connectivity index (χ3v) is 3.48. The van der Waals surface area contributed by atoms with Crippen LogP contribution in [0, 0.1) is 11.6 Å². The fraction of sp³-hybridized carbons (Fsp3) is 0.0500. The SMILES string of the molecule is Fc1ccccc1COc1ccc(C=NNc2ccccc2)cc1F. The lowest BCUT2D eigenvalue weighted by atomic mass is 10.2. The molecule has 0 aliphatic rings. The number of hydrazone groups is 1. The minimum atomic E-state index is -0.528. The van der Waals surface area contributed by atoms with Gasteiger partial charge in [-0.2, -0.15) is 5.10 Å². The third-order valence-electron chi connectivity index (χ3n) is 3.48. The number of halogens is 2. The van der Waals surface area contributed by atoms with Gasteiger partial charge in [0.2, 0.25) is 0 Å². The Labute approximate surface area is 144 Å². The summed E-state index contributed by atoms with van der Waals surface area (Å²) in [4.78, 5) is 0. The Kier molecular flexibility index (Phi) is 5.36. The molecule has 0 saturated heterocycles. The van der Waals surface area contributed by atoms with Crippen molar-refractivity contribution in [2.24, 2.45) is 5.10 Å². The van der Waals surface area contributed by atoms with Gasteiger partial charge in [0.15, 0.2) is 11.6 Å². The van der Waals surface area contributed by atoms with Gasteiger partial charge < -0.3 is 4.74 Å². The molecule has 0 amide bonds. The van der Waals surface area contributed by atoms with Crippen LogP contribution in [-0.4, -0.2) is 6.21 Å². The molecule has 0 aliphatic heterocycles. The fourth-order valence-corrected chi connectivity index (χ4v) is 2.18. The first-order valence-corrected chi connectivity index (χ1v) is 7.72. The summed E-state index contributed by atoms with van der Waals surface area (Å²) < 4.78 is 33.0. The van der Waals surface area contributed by atoms with Crippen LogP contribution in [0.1, 0.15) is 11.1 Å². The molecule has 0 fully saturated rings. The van der Waals surface area contributed by atoms with Crippen molar-refractivity contribution >= 4 is 11.9 Å². The molecule has 0 radical (unpaired) electrons. The zero-order chi connectivity index (χ0) is 17.5. The van der Waals surface area contributed by atoms with Crippen molar-refractivity contribution in [3.8, 4) is 5.75 Å². The third kappa shape index (κ3) is 4.64. The van der Waals surface area contributed by atoms with Crippen molar-refractivity contribution in [2.45, 2.75) is 6.61 Å². The van der Waals surface area contributed by atoms with Crippen LogP contribution in [0.3, 0.4) is 0 Å². The van der Waals surface area contributed by atoms with Gasteiger partial charge in [-0.15, -0.1) is 0 Å². The highest BCUT2D eigenvalue weighted by molar-refractivity contribution is 5.80. The van der Waals surface area contributed by atoms with Crippen molar-refractivity contribution in [2.75, 3.05) is 5.43 Å². The number of nitrogens with zero attached hydrogens (tertiary/aromatic N) is 1. The van der Waals surface area contributed by atoms with Crippen LogP contribution >= 0.6 is 0 Å². The zero-order valence-electron chi connectivity index (χ0n) is 13.3. The molecule has 0 bridgehead atoms. The summed E-state index contributed by atoms with van der Waals surface area (Å²) in [7, 11) is 0. The number of hydrogen-bond donors (Lipinski definition) is 1. The quantitative estimate of drug-likeness (QED) is 0.507. The number of para-hydroxylation sites is 1. The first-order valence-electron chi connectivity index (χ1n) is 7.72. The van der Waals surface area contributed by atoms with Crippen molar-refractivity contribution in [1.82, 2.24) is 0 Å². The molecule has 0 aromatic heterocycles. The number of benzene rings is 3. The van der Waals surface area contributed by atoms with E-state index in [0.717, 1.165) is 5.69 Å². The van der Waals surface area contributed by atoms with Crippen molar-refractivity contribution in [3.05, 3.63) is 95.6 Å². The molecule has 1 N–H and O–H groups in total. The highest BCUT2D eigenvalue weighted by Crippen LogP contribution is 2.20. The first-order chi connectivity index (χ1) is 12.2. The number of hydrogen-bond acceptors (Lipinski definition) is 3. The Morgan fingerprint density at radius 1 is 0.880 bits per heavy atom. The van der Waals surface area contributed by atoms with E-state index in [1.165, 1.54) is 24.4 Å². The van der Waals surface area contributed by atoms with Gasteiger partial charge in [-0.25, -0.2) is 8.78 Å². The number of anilines is 1. The molecular weight excluding hydrogens is 322 g/mol. The fourth-order valence-electron chi connectivity index (χ4n) is 2.18. The lowest BCUT2D eigenvalue weighted by Crippen LogP contribution is -2.00. The van der Waals surface area contributed by atoms with Crippen molar-refractivity contribution < 1.29 is 13.5 Å². The summed E-state index contributed by atoms with van der Waals surface area (Å²) in [6, 6.07) is 20.2. The molecule has 3 rings (SSSR count). The van der Waals surface area contributed by atoms with Gasteiger partial charge >= 0.3 is 0 Å². The predicted octanol–water partition coefficient (Wildman–Crippen LogP) is 4.99. The minimum Gasteiger partial charge on any atom is -0.486 e. The second kappa shape index (κ2) is 8.06. The maximum Gasteiger partial charge on any atom is 0.165 e. The molecule has 126 valence electrons. The van der Waals surface area contributed by atoms with E-state index in [-0.39, 0.29) is 18.2 Å². The molecule has 0 unspecified atom stereocenters. The van der Waals surface area contributed by atoms with Crippen molar-refractivity contribution in [3.63, 3.8) is 0 Å². The van der Waals surface area contributed by atoms with Crippen LogP contribution in [0.4, 0.5) is 14.5 Å². The van der Waals surface area contributed by atoms with Crippen LogP contribution in [0.2, 0.25) is 0 Å². The van der Waals surface area contributed by atoms with E-state index in [0.29, 0.717) is 11.1 Å². The highest BCUT2D eigenvalue weighted by atomic mass is 19.1. The Morgan fingerprint density at radius 3 is 2.40 bits per heavy atom. The average Bonchev–Trinajstić information content (AvgIpc) is 2.63. The van der Waals surface area contributed by atoms with Crippen LogP contribution in [0.5, 0.6) is 5.75 Å². The summed E-state index contributed by atoms with van der Waals surface area (Å²) in [5.41, 5.74) is 4.65. The van der Waals surface area contributed by atoms with Gasteiger partial charge in [0.05, 0.1) is 11.9 Å². The Bertz CT molecular complexity index is 867. The summed E-state index contributed by atoms with van der Waals surface area (Å²) in [6.45, 7) is -0.0351. The molecule has 5 heteroatoms. The normalized spacial score (nSPS) is 10.8. The molecule has 0 aliphatic carbocycles. The smallest absolute Gasteiger partial charge is 0.165 e. The summed E-state index contributed by atoms with van der Waals surface area (Å²) in [5.74, 6) is -0.838. The van der Waals surface area contributed by atoms with E-state index >= 15 is 0 Å². The molecule has 3 aromatic carbocycles. The monoisotopic (exact) mass is 338 g/mol. The van der Waals surface area contributed by atoms with E-state index in [9.17, 15) is 8.78 Å². The highest BCUT2D eigenvalue weighted by Gasteiger charge is 2.06. The molecule has 0 saturated carbocycles. The van der Waals surface area contributed by atoms with E-state index in [1.807, 2.05) is 30.3 Å².